The van der Waals surface area contributed by atoms with Crippen molar-refractivity contribution >= 4 is 5.97 Å². The van der Waals surface area contributed by atoms with E-state index in [0.717, 1.165) is 12.8 Å². The first-order valence-electron chi connectivity index (χ1n) is 4.20. The molecule has 0 aromatic heterocycles. The van der Waals surface area contributed by atoms with Gasteiger partial charge in [-0.05, 0) is 12.8 Å². The fraction of sp³-hybridized carbons (Fsp3) is 0.875. The molecule has 1 aliphatic heterocycles. The second-order valence-corrected chi connectivity index (χ2v) is 3.09. The van der Waals surface area contributed by atoms with Gasteiger partial charge in [0.1, 0.15) is 0 Å². The highest BCUT2D eigenvalue weighted by Crippen LogP contribution is 2.14. The van der Waals surface area contributed by atoms with Crippen LogP contribution >= 0.6 is 0 Å². The van der Waals surface area contributed by atoms with E-state index in [1.54, 1.807) is 0 Å². The minimum absolute atomic E-state index is 0.0298. The van der Waals surface area contributed by atoms with E-state index in [1.807, 2.05) is 0 Å². The summed E-state index contributed by atoms with van der Waals surface area (Å²) in [6.07, 6.45) is 1.65. The van der Waals surface area contributed by atoms with Crippen LogP contribution in [0.15, 0.2) is 0 Å². The summed E-state index contributed by atoms with van der Waals surface area (Å²) in [5, 5.41) is 11.9. The first-order valence-corrected chi connectivity index (χ1v) is 4.20. The van der Waals surface area contributed by atoms with Crippen molar-refractivity contribution in [1.29, 1.82) is 0 Å². The fourth-order valence-electron chi connectivity index (χ4n) is 1.44. The second-order valence-electron chi connectivity index (χ2n) is 3.09. The van der Waals surface area contributed by atoms with E-state index >= 15 is 0 Å². The number of esters is 1. The Kier molecular flexibility index (Phi) is 3.49. The number of hydrogen-bond acceptors (Lipinski definition) is 4. The number of carbonyl (C=O) groups is 1. The quantitative estimate of drug-likeness (QED) is 0.554. The van der Waals surface area contributed by atoms with E-state index in [9.17, 15) is 4.79 Å². The van der Waals surface area contributed by atoms with Crippen molar-refractivity contribution in [2.45, 2.75) is 18.9 Å². The maximum atomic E-state index is 11.0. The average Bonchev–Trinajstić information content (AvgIpc) is 2.17. The lowest BCUT2D eigenvalue weighted by Crippen LogP contribution is -2.43. The van der Waals surface area contributed by atoms with Gasteiger partial charge in [0.05, 0.1) is 19.6 Å². The van der Waals surface area contributed by atoms with Crippen molar-refractivity contribution in [3.05, 3.63) is 0 Å². The van der Waals surface area contributed by atoms with Crippen LogP contribution < -0.4 is 5.32 Å². The number of nitrogens with one attached hydrogen (secondary N) is 1. The molecule has 2 atom stereocenters. The zero-order valence-corrected chi connectivity index (χ0v) is 7.25. The highest BCUT2D eigenvalue weighted by molar-refractivity contribution is 5.72. The Hall–Kier alpha value is -0.610. The number of aliphatic hydroxyl groups excluding tert-OH is 1. The minimum atomic E-state index is -0.154. The number of ether oxygens (including phenoxy) is 1. The Bertz CT molecular complexity index is 152. The normalized spacial score (nSPS) is 29.8. The fourth-order valence-corrected chi connectivity index (χ4v) is 1.44. The standard InChI is InChI=1S/C8H15NO3/c1-12-8(11)6-2-3-7(5-10)9-4-6/h6-7,9-10H,2-5H2,1H3/t6-,7-/m1/s1. The summed E-state index contributed by atoms with van der Waals surface area (Å²) >= 11 is 0. The molecule has 12 heavy (non-hydrogen) atoms. The molecular formula is C8H15NO3. The lowest BCUT2D eigenvalue weighted by Gasteiger charge is -2.26. The van der Waals surface area contributed by atoms with Gasteiger partial charge in [-0.2, -0.15) is 0 Å². The van der Waals surface area contributed by atoms with E-state index in [1.165, 1.54) is 7.11 Å². The Balaban J connectivity index is 2.30. The van der Waals surface area contributed by atoms with Gasteiger partial charge < -0.3 is 15.2 Å². The average molecular weight is 173 g/mol. The minimum Gasteiger partial charge on any atom is -0.469 e. The summed E-state index contributed by atoms with van der Waals surface area (Å²) in [4.78, 5) is 11.0. The predicted octanol–water partition coefficient (Wildman–Crippen LogP) is -0.480. The highest BCUT2D eigenvalue weighted by Gasteiger charge is 2.25. The molecule has 1 heterocycles. The number of methoxy groups -OCH3 is 1. The van der Waals surface area contributed by atoms with Gasteiger partial charge in [0.25, 0.3) is 0 Å². The van der Waals surface area contributed by atoms with Gasteiger partial charge in [0.2, 0.25) is 0 Å². The first kappa shape index (κ1) is 9.48. The van der Waals surface area contributed by atoms with Gasteiger partial charge in [-0.25, -0.2) is 0 Å². The SMILES string of the molecule is COC(=O)[C@@H]1CC[C@H](CO)NC1. The zero-order valence-electron chi connectivity index (χ0n) is 7.25. The molecule has 70 valence electrons. The smallest absolute Gasteiger partial charge is 0.309 e. The van der Waals surface area contributed by atoms with Gasteiger partial charge >= 0.3 is 5.97 Å². The molecule has 0 bridgehead atoms. The highest BCUT2D eigenvalue weighted by atomic mass is 16.5. The number of carbonyl (C=O) groups excluding carboxylic acids is 1. The van der Waals surface area contributed by atoms with Crippen molar-refractivity contribution in [2.75, 3.05) is 20.3 Å². The number of piperidine rings is 1. The van der Waals surface area contributed by atoms with Crippen molar-refractivity contribution in [2.24, 2.45) is 5.92 Å². The maximum absolute atomic E-state index is 11.0. The van der Waals surface area contributed by atoms with E-state index in [-0.39, 0.29) is 24.5 Å². The molecule has 4 heteroatoms. The van der Waals surface area contributed by atoms with Gasteiger partial charge in [-0.15, -0.1) is 0 Å². The van der Waals surface area contributed by atoms with Crippen LogP contribution in [0.5, 0.6) is 0 Å². The Morgan fingerprint density at radius 1 is 1.67 bits per heavy atom. The molecule has 1 fully saturated rings. The summed E-state index contributed by atoms with van der Waals surface area (Å²) in [5.74, 6) is -0.184. The van der Waals surface area contributed by atoms with Crippen molar-refractivity contribution in [3.8, 4) is 0 Å². The van der Waals surface area contributed by atoms with Gasteiger partial charge in [0.15, 0.2) is 0 Å². The lowest BCUT2D eigenvalue weighted by atomic mass is 9.95. The maximum Gasteiger partial charge on any atom is 0.309 e. The molecule has 4 nitrogen and oxygen atoms in total. The van der Waals surface area contributed by atoms with Crippen LogP contribution in [0.4, 0.5) is 0 Å². The molecule has 0 saturated carbocycles. The molecule has 0 aliphatic carbocycles. The molecule has 2 N–H and O–H groups in total. The third-order valence-corrected chi connectivity index (χ3v) is 2.27. The molecule has 1 rings (SSSR count). The largest absolute Gasteiger partial charge is 0.469 e. The summed E-state index contributed by atoms with van der Waals surface area (Å²) in [6.45, 7) is 0.770. The molecule has 0 amide bonds. The van der Waals surface area contributed by atoms with E-state index in [4.69, 9.17) is 5.11 Å². The lowest BCUT2D eigenvalue weighted by molar-refractivity contribution is -0.146. The van der Waals surface area contributed by atoms with E-state index in [0.29, 0.717) is 6.54 Å². The third-order valence-electron chi connectivity index (χ3n) is 2.27. The molecule has 1 aliphatic rings. The van der Waals surface area contributed by atoms with E-state index < -0.39 is 0 Å². The topological polar surface area (TPSA) is 58.6 Å². The Labute approximate surface area is 71.9 Å². The van der Waals surface area contributed by atoms with Crippen molar-refractivity contribution in [1.82, 2.24) is 5.32 Å². The zero-order chi connectivity index (χ0) is 8.97. The van der Waals surface area contributed by atoms with Gasteiger partial charge in [-0.1, -0.05) is 0 Å². The molecule has 0 aromatic rings. The molecule has 1 saturated heterocycles. The van der Waals surface area contributed by atoms with Crippen LogP contribution in [-0.4, -0.2) is 37.4 Å². The van der Waals surface area contributed by atoms with Crippen LogP contribution in [0.25, 0.3) is 0 Å². The molecular weight excluding hydrogens is 158 g/mol. The first-order chi connectivity index (χ1) is 5.77. The summed E-state index contributed by atoms with van der Waals surface area (Å²) in [7, 11) is 1.40. The second kappa shape index (κ2) is 4.42. The van der Waals surface area contributed by atoms with E-state index in [2.05, 4.69) is 10.1 Å². The van der Waals surface area contributed by atoms with Crippen molar-refractivity contribution < 1.29 is 14.6 Å². The van der Waals surface area contributed by atoms with Crippen molar-refractivity contribution in [3.63, 3.8) is 0 Å². The summed E-state index contributed by atoms with van der Waals surface area (Å²) < 4.78 is 4.62. The monoisotopic (exact) mass is 173 g/mol. The molecule has 0 aromatic carbocycles. The van der Waals surface area contributed by atoms with Crippen LogP contribution in [0.1, 0.15) is 12.8 Å². The predicted molar refractivity (Wildman–Crippen MR) is 43.6 cm³/mol. The number of hydrogen-bond donors (Lipinski definition) is 2. The Morgan fingerprint density at radius 3 is 2.83 bits per heavy atom. The summed E-state index contributed by atoms with van der Waals surface area (Å²) in [6, 6.07) is 0.158. The van der Waals surface area contributed by atoms with Crippen LogP contribution in [0.3, 0.4) is 0 Å². The van der Waals surface area contributed by atoms with Crippen LogP contribution in [0, 0.1) is 5.92 Å². The van der Waals surface area contributed by atoms with Gasteiger partial charge in [0, 0.05) is 12.6 Å². The third kappa shape index (κ3) is 2.19. The number of aliphatic hydroxyl groups is 1. The molecule has 0 radical (unpaired) electrons. The molecule has 0 unspecified atom stereocenters. The summed E-state index contributed by atoms with van der Waals surface area (Å²) in [5.41, 5.74) is 0. The Morgan fingerprint density at radius 2 is 2.42 bits per heavy atom. The van der Waals surface area contributed by atoms with Crippen LogP contribution in [-0.2, 0) is 9.53 Å². The molecule has 0 spiro atoms. The van der Waals surface area contributed by atoms with Gasteiger partial charge in [-0.3, -0.25) is 4.79 Å². The number of rotatable bonds is 2. The van der Waals surface area contributed by atoms with Crippen LogP contribution in [0.2, 0.25) is 0 Å².